The average molecular weight is 356 g/mol. The molecular weight excluding hydrogens is 347 g/mol. The highest BCUT2D eigenvalue weighted by atomic mass is 79.9. The first-order valence-electron chi connectivity index (χ1n) is 6.05. The molecule has 0 aliphatic heterocycles. The van der Waals surface area contributed by atoms with Gasteiger partial charge >= 0.3 is 0 Å². The maximum atomic E-state index is 13.6. The molecule has 1 atom stereocenters. The van der Waals surface area contributed by atoms with Gasteiger partial charge in [-0.15, -0.1) is 0 Å². The fraction of sp³-hybridized carbons (Fsp3) is 0.0667. The van der Waals surface area contributed by atoms with Gasteiger partial charge in [0.25, 0.3) is 0 Å². The minimum atomic E-state index is -1.01. The van der Waals surface area contributed by atoms with E-state index >= 15 is 0 Å². The molecule has 0 aliphatic rings. The summed E-state index contributed by atoms with van der Waals surface area (Å²) in [5.41, 5.74) is 6.85. The van der Waals surface area contributed by atoms with E-state index in [1.54, 1.807) is 6.07 Å². The molecule has 1 aromatic heterocycles. The Hall–Kier alpha value is -1.79. The molecule has 0 radical (unpaired) electrons. The highest BCUT2D eigenvalue weighted by Crippen LogP contribution is 2.32. The lowest BCUT2D eigenvalue weighted by Crippen LogP contribution is -2.12. The third-order valence-electron chi connectivity index (χ3n) is 3.20. The number of fused-ring (bicyclic) bond motifs is 1. The first kappa shape index (κ1) is 14.2. The summed E-state index contributed by atoms with van der Waals surface area (Å²) in [6.45, 7) is 0. The van der Waals surface area contributed by atoms with Crippen molar-refractivity contribution in [1.82, 2.24) is 0 Å². The summed E-state index contributed by atoms with van der Waals surface area (Å²) < 4.78 is 45.3. The van der Waals surface area contributed by atoms with E-state index in [0.29, 0.717) is 22.3 Å². The first-order valence-corrected chi connectivity index (χ1v) is 6.84. The molecule has 0 aliphatic carbocycles. The van der Waals surface area contributed by atoms with Gasteiger partial charge in [0.05, 0.1) is 10.5 Å². The molecule has 0 fully saturated rings. The Kier molecular flexibility index (Phi) is 3.51. The van der Waals surface area contributed by atoms with E-state index in [1.807, 2.05) is 0 Å². The fourth-order valence-electron chi connectivity index (χ4n) is 2.12. The standard InChI is InChI=1S/C15H9BrF3NO/c16-13-9(2-3-10(18)14(13)19)15(20)12-6-7-5-8(17)1-4-11(7)21-12/h1-6,15H,20H2. The van der Waals surface area contributed by atoms with Gasteiger partial charge in [0.15, 0.2) is 11.6 Å². The van der Waals surface area contributed by atoms with Crippen LogP contribution in [-0.4, -0.2) is 0 Å². The van der Waals surface area contributed by atoms with Gasteiger partial charge in [0, 0.05) is 5.39 Å². The van der Waals surface area contributed by atoms with Gasteiger partial charge in [-0.2, -0.15) is 0 Å². The van der Waals surface area contributed by atoms with Crippen LogP contribution in [0.4, 0.5) is 13.2 Å². The van der Waals surface area contributed by atoms with E-state index in [9.17, 15) is 13.2 Å². The molecule has 1 heterocycles. The predicted octanol–water partition coefficient (Wildman–Crippen LogP) is 4.66. The zero-order valence-electron chi connectivity index (χ0n) is 10.5. The fourth-order valence-corrected chi connectivity index (χ4v) is 2.69. The summed E-state index contributed by atoms with van der Waals surface area (Å²) in [4.78, 5) is 0. The summed E-state index contributed by atoms with van der Waals surface area (Å²) in [6.07, 6.45) is 0. The van der Waals surface area contributed by atoms with Gasteiger partial charge in [0.1, 0.15) is 17.2 Å². The van der Waals surface area contributed by atoms with Crippen LogP contribution >= 0.6 is 15.9 Å². The van der Waals surface area contributed by atoms with Crippen LogP contribution in [-0.2, 0) is 0 Å². The number of nitrogens with two attached hydrogens (primary N) is 1. The topological polar surface area (TPSA) is 39.2 Å². The van der Waals surface area contributed by atoms with Crippen LogP contribution in [0.5, 0.6) is 0 Å². The summed E-state index contributed by atoms with van der Waals surface area (Å²) in [5.74, 6) is -2.03. The molecule has 0 saturated heterocycles. The molecule has 1 unspecified atom stereocenters. The van der Waals surface area contributed by atoms with Crippen LogP contribution < -0.4 is 5.73 Å². The van der Waals surface area contributed by atoms with Crippen molar-refractivity contribution in [2.24, 2.45) is 5.73 Å². The average Bonchev–Trinajstić information content (AvgIpc) is 2.87. The smallest absolute Gasteiger partial charge is 0.173 e. The van der Waals surface area contributed by atoms with Crippen LogP contribution in [0, 0.1) is 17.5 Å². The number of hydrogen-bond acceptors (Lipinski definition) is 2. The molecule has 0 amide bonds. The quantitative estimate of drug-likeness (QED) is 0.679. The lowest BCUT2D eigenvalue weighted by molar-refractivity contribution is 0.494. The number of hydrogen-bond donors (Lipinski definition) is 1. The van der Waals surface area contributed by atoms with Gasteiger partial charge in [0.2, 0.25) is 0 Å². The summed E-state index contributed by atoms with van der Waals surface area (Å²) in [5, 5.41) is 0.555. The van der Waals surface area contributed by atoms with Gasteiger partial charge in [-0.05, 0) is 51.8 Å². The molecule has 0 saturated carbocycles. The van der Waals surface area contributed by atoms with Crippen LogP contribution in [0.2, 0.25) is 0 Å². The molecule has 3 aromatic rings. The van der Waals surface area contributed by atoms with Gasteiger partial charge in [-0.25, -0.2) is 13.2 Å². The van der Waals surface area contributed by atoms with Crippen molar-refractivity contribution < 1.29 is 17.6 Å². The zero-order chi connectivity index (χ0) is 15.1. The number of halogens is 4. The summed E-state index contributed by atoms with van der Waals surface area (Å²) in [7, 11) is 0. The lowest BCUT2D eigenvalue weighted by atomic mass is 10.0. The van der Waals surface area contributed by atoms with Crippen molar-refractivity contribution in [1.29, 1.82) is 0 Å². The van der Waals surface area contributed by atoms with Crippen molar-refractivity contribution in [2.45, 2.75) is 6.04 Å². The predicted molar refractivity (Wildman–Crippen MR) is 76.3 cm³/mol. The van der Waals surface area contributed by atoms with Gasteiger partial charge in [-0.3, -0.25) is 0 Å². The molecule has 6 heteroatoms. The molecule has 108 valence electrons. The Morgan fingerprint density at radius 3 is 2.57 bits per heavy atom. The Balaban J connectivity index is 2.08. The third kappa shape index (κ3) is 2.45. The van der Waals surface area contributed by atoms with Crippen molar-refractivity contribution >= 4 is 26.9 Å². The number of rotatable bonds is 2. The second-order valence-corrected chi connectivity index (χ2v) is 5.37. The van der Waals surface area contributed by atoms with Gasteiger partial charge < -0.3 is 10.2 Å². The van der Waals surface area contributed by atoms with E-state index in [-0.39, 0.29) is 4.47 Å². The Labute approximate surface area is 126 Å². The lowest BCUT2D eigenvalue weighted by Gasteiger charge is -2.12. The zero-order valence-corrected chi connectivity index (χ0v) is 12.1. The van der Waals surface area contributed by atoms with Crippen molar-refractivity contribution in [3.8, 4) is 0 Å². The summed E-state index contributed by atoms with van der Waals surface area (Å²) >= 11 is 2.99. The normalized spacial score (nSPS) is 12.8. The van der Waals surface area contributed by atoms with Crippen molar-refractivity contribution in [3.63, 3.8) is 0 Å². The van der Waals surface area contributed by atoms with E-state index in [1.165, 1.54) is 24.3 Å². The highest BCUT2D eigenvalue weighted by Gasteiger charge is 2.20. The Morgan fingerprint density at radius 2 is 1.81 bits per heavy atom. The molecule has 0 spiro atoms. The molecule has 2 nitrogen and oxygen atoms in total. The third-order valence-corrected chi connectivity index (χ3v) is 4.01. The van der Waals surface area contributed by atoms with E-state index in [4.69, 9.17) is 10.2 Å². The van der Waals surface area contributed by atoms with E-state index in [2.05, 4.69) is 15.9 Å². The number of benzene rings is 2. The minimum absolute atomic E-state index is 0.0540. The second-order valence-electron chi connectivity index (χ2n) is 4.57. The molecule has 2 N–H and O–H groups in total. The van der Waals surface area contributed by atoms with Crippen molar-refractivity contribution in [3.05, 3.63) is 69.6 Å². The Morgan fingerprint density at radius 1 is 1.05 bits per heavy atom. The summed E-state index contributed by atoms with van der Waals surface area (Å²) in [6, 6.07) is 7.23. The molecule has 21 heavy (non-hydrogen) atoms. The maximum Gasteiger partial charge on any atom is 0.173 e. The first-order chi connectivity index (χ1) is 9.97. The molecule has 2 aromatic carbocycles. The maximum absolute atomic E-state index is 13.6. The van der Waals surface area contributed by atoms with Crippen LogP contribution in [0.25, 0.3) is 11.0 Å². The largest absolute Gasteiger partial charge is 0.459 e. The molecule has 3 rings (SSSR count). The minimum Gasteiger partial charge on any atom is -0.459 e. The molecular formula is C15H9BrF3NO. The Bertz CT molecular complexity index is 831. The van der Waals surface area contributed by atoms with Crippen LogP contribution in [0.15, 0.2) is 45.3 Å². The highest BCUT2D eigenvalue weighted by molar-refractivity contribution is 9.10. The van der Waals surface area contributed by atoms with Crippen molar-refractivity contribution in [2.75, 3.05) is 0 Å². The van der Waals surface area contributed by atoms with Crippen LogP contribution in [0.1, 0.15) is 17.4 Å². The second kappa shape index (κ2) is 5.20. The number of furan rings is 1. The SMILES string of the molecule is NC(c1cc2cc(F)ccc2o1)c1ccc(F)c(F)c1Br. The molecule has 0 bridgehead atoms. The van der Waals surface area contributed by atoms with E-state index in [0.717, 1.165) is 6.07 Å². The van der Waals surface area contributed by atoms with Gasteiger partial charge in [-0.1, -0.05) is 6.07 Å². The van der Waals surface area contributed by atoms with Crippen LogP contribution in [0.3, 0.4) is 0 Å². The van der Waals surface area contributed by atoms with E-state index < -0.39 is 23.5 Å². The monoisotopic (exact) mass is 355 g/mol.